The van der Waals surface area contributed by atoms with Gasteiger partial charge in [0.1, 0.15) is 6.54 Å². The highest BCUT2D eigenvalue weighted by Crippen LogP contribution is 1.91. The SMILES string of the molecule is COC(=O)CNS(=O)(=O)CS(C)(=O)=O. The van der Waals surface area contributed by atoms with Crippen molar-refractivity contribution in [3.8, 4) is 0 Å². The molecule has 0 aliphatic rings. The summed E-state index contributed by atoms with van der Waals surface area (Å²) in [6, 6.07) is 0. The van der Waals surface area contributed by atoms with Crippen LogP contribution in [0.1, 0.15) is 0 Å². The standard InChI is InChI=1S/C5H11NO6S2/c1-12-5(7)3-6-14(10,11)4-13(2,8)9/h6H,3-4H2,1-2H3. The van der Waals surface area contributed by atoms with E-state index in [4.69, 9.17) is 0 Å². The molecule has 0 aliphatic carbocycles. The third-order valence-electron chi connectivity index (χ3n) is 1.03. The molecule has 0 aromatic rings. The first kappa shape index (κ1) is 13.3. The van der Waals surface area contributed by atoms with Crippen LogP contribution in [0.2, 0.25) is 0 Å². The molecule has 0 aromatic carbocycles. The minimum absolute atomic E-state index is 0.575. The molecule has 1 N–H and O–H groups in total. The van der Waals surface area contributed by atoms with Crippen molar-refractivity contribution in [2.75, 3.05) is 25.0 Å². The van der Waals surface area contributed by atoms with Gasteiger partial charge in [-0.2, -0.15) is 0 Å². The van der Waals surface area contributed by atoms with Crippen LogP contribution in [0.3, 0.4) is 0 Å². The smallest absolute Gasteiger partial charge is 0.320 e. The molecule has 0 saturated carbocycles. The fraction of sp³-hybridized carbons (Fsp3) is 0.800. The van der Waals surface area contributed by atoms with Gasteiger partial charge in [-0.3, -0.25) is 4.79 Å². The summed E-state index contributed by atoms with van der Waals surface area (Å²) in [6.07, 6.45) is 0.782. The highest BCUT2D eigenvalue weighted by atomic mass is 32.3. The van der Waals surface area contributed by atoms with Gasteiger partial charge in [0.25, 0.3) is 0 Å². The second-order valence-corrected chi connectivity index (χ2v) is 6.87. The van der Waals surface area contributed by atoms with E-state index in [0.717, 1.165) is 13.4 Å². The lowest BCUT2D eigenvalue weighted by atomic mass is 10.7. The minimum atomic E-state index is -3.98. The Labute approximate surface area is 82.4 Å². The first-order valence-corrected chi connectivity index (χ1v) is 7.09. The Bertz CT molecular complexity index is 394. The van der Waals surface area contributed by atoms with Crippen molar-refractivity contribution in [2.24, 2.45) is 0 Å². The van der Waals surface area contributed by atoms with Crippen LogP contribution in [-0.4, -0.2) is 47.8 Å². The Morgan fingerprint density at radius 3 is 2.14 bits per heavy atom. The van der Waals surface area contributed by atoms with Crippen LogP contribution in [0, 0.1) is 0 Å². The lowest BCUT2D eigenvalue weighted by Gasteiger charge is -2.03. The molecule has 0 rings (SSSR count). The summed E-state index contributed by atoms with van der Waals surface area (Å²) in [6.45, 7) is -0.575. The number of hydrogen-bond acceptors (Lipinski definition) is 6. The van der Waals surface area contributed by atoms with Gasteiger partial charge in [0.2, 0.25) is 10.0 Å². The molecule has 0 heterocycles. The number of sulfone groups is 1. The predicted octanol–water partition coefficient (Wildman–Crippen LogP) is -1.92. The van der Waals surface area contributed by atoms with Crippen LogP contribution in [0.4, 0.5) is 0 Å². The van der Waals surface area contributed by atoms with E-state index in [1.165, 1.54) is 0 Å². The number of hydrogen-bond donors (Lipinski definition) is 1. The number of methoxy groups -OCH3 is 1. The molecular weight excluding hydrogens is 234 g/mol. The molecule has 0 spiro atoms. The third kappa shape index (κ3) is 6.80. The Kier molecular flexibility index (Phi) is 4.49. The van der Waals surface area contributed by atoms with Crippen LogP contribution in [0.15, 0.2) is 0 Å². The summed E-state index contributed by atoms with van der Waals surface area (Å²) in [4.78, 5) is 10.5. The summed E-state index contributed by atoms with van der Waals surface area (Å²) in [5.41, 5.74) is 0. The van der Waals surface area contributed by atoms with Crippen molar-refractivity contribution >= 4 is 25.8 Å². The zero-order valence-corrected chi connectivity index (χ0v) is 9.31. The van der Waals surface area contributed by atoms with Gasteiger partial charge in [-0.1, -0.05) is 0 Å². The topological polar surface area (TPSA) is 107 Å². The molecule has 0 saturated heterocycles. The van der Waals surface area contributed by atoms with Gasteiger partial charge in [0.15, 0.2) is 14.9 Å². The average molecular weight is 245 g/mol. The van der Waals surface area contributed by atoms with Gasteiger partial charge in [-0.25, -0.2) is 21.6 Å². The number of carbonyl (C=O) groups excluding carboxylic acids is 1. The van der Waals surface area contributed by atoms with E-state index in [1.807, 2.05) is 0 Å². The summed E-state index contributed by atoms with van der Waals surface area (Å²) < 4.78 is 49.1. The predicted molar refractivity (Wildman–Crippen MR) is 48.6 cm³/mol. The average Bonchev–Trinajstić information content (AvgIpc) is 1.96. The molecule has 0 aliphatic heterocycles. The maximum absolute atomic E-state index is 11.0. The van der Waals surface area contributed by atoms with Crippen molar-refractivity contribution in [2.45, 2.75) is 0 Å². The Morgan fingerprint density at radius 1 is 1.29 bits per heavy atom. The molecule has 0 unspecified atom stereocenters. The summed E-state index contributed by atoms with van der Waals surface area (Å²) in [7, 11) is -6.53. The Balaban J connectivity index is 4.31. The second kappa shape index (κ2) is 4.71. The van der Waals surface area contributed by atoms with Gasteiger partial charge in [0, 0.05) is 6.26 Å². The third-order valence-corrected chi connectivity index (χ3v) is 4.57. The van der Waals surface area contributed by atoms with Crippen LogP contribution in [0.5, 0.6) is 0 Å². The van der Waals surface area contributed by atoms with Crippen molar-refractivity contribution in [1.82, 2.24) is 4.72 Å². The quantitative estimate of drug-likeness (QED) is 0.566. The molecule has 0 radical (unpaired) electrons. The zero-order chi connectivity index (χ0) is 11.4. The highest BCUT2D eigenvalue weighted by molar-refractivity contribution is 8.06. The van der Waals surface area contributed by atoms with E-state index in [-0.39, 0.29) is 0 Å². The normalized spacial score (nSPS) is 12.4. The Morgan fingerprint density at radius 2 is 1.79 bits per heavy atom. The summed E-state index contributed by atoms with van der Waals surface area (Å²) >= 11 is 0. The molecule has 9 heteroatoms. The van der Waals surface area contributed by atoms with Crippen LogP contribution in [-0.2, 0) is 29.4 Å². The first-order chi connectivity index (χ1) is 6.16. The van der Waals surface area contributed by atoms with Gasteiger partial charge < -0.3 is 4.74 Å². The Hall–Kier alpha value is -0.670. The summed E-state index contributed by atoms with van der Waals surface area (Å²) in [5.74, 6) is -0.790. The van der Waals surface area contributed by atoms with E-state index in [9.17, 15) is 21.6 Å². The van der Waals surface area contributed by atoms with Crippen molar-refractivity contribution in [1.29, 1.82) is 0 Å². The number of rotatable bonds is 5. The molecule has 0 atom stereocenters. The van der Waals surface area contributed by atoms with Crippen molar-refractivity contribution in [3.05, 3.63) is 0 Å². The monoisotopic (exact) mass is 245 g/mol. The molecule has 0 aromatic heterocycles. The molecule has 7 nitrogen and oxygen atoms in total. The number of carbonyl (C=O) groups is 1. The van der Waals surface area contributed by atoms with E-state index in [2.05, 4.69) is 4.74 Å². The minimum Gasteiger partial charge on any atom is -0.468 e. The van der Waals surface area contributed by atoms with Gasteiger partial charge in [-0.15, -0.1) is 0 Å². The number of ether oxygens (including phenoxy) is 1. The maximum Gasteiger partial charge on any atom is 0.320 e. The summed E-state index contributed by atoms with van der Waals surface area (Å²) in [5, 5.41) is -1.04. The molecule has 0 amide bonds. The molecule has 84 valence electrons. The molecule has 0 bridgehead atoms. The van der Waals surface area contributed by atoms with E-state index in [0.29, 0.717) is 0 Å². The van der Waals surface area contributed by atoms with Crippen LogP contribution >= 0.6 is 0 Å². The highest BCUT2D eigenvalue weighted by Gasteiger charge is 2.18. The fourth-order valence-electron chi connectivity index (χ4n) is 0.565. The van der Waals surface area contributed by atoms with Crippen LogP contribution < -0.4 is 4.72 Å². The van der Waals surface area contributed by atoms with E-state index < -0.39 is 37.5 Å². The lowest BCUT2D eigenvalue weighted by molar-refractivity contribution is -0.139. The lowest BCUT2D eigenvalue weighted by Crippen LogP contribution is -2.34. The van der Waals surface area contributed by atoms with Crippen molar-refractivity contribution in [3.63, 3.8) is 0 Å². The second-order valence-electron chi connectivity index (χ2n) is 2.56. The van der Waals surface area contributed by atoms with E-state index >= 15 is 0 Å². The zero-order valence-electron chi connectivity index (χ0n) is 7.68. The molecule has 0 fully saturated rings. The molecular formula is C5H11NO6S2. The van der Waals surface area contributed by atoms with Gasteiger partial charge >= 0.3 is 5.97 Å². The first-order valence-electron chi connectivity index (χ1n) is 3.38. The van der Waals surface area contributed by atoms with Gasteiger partial charge in [-0.05, 0) is 0 Å². The number of nitrogens with one attached hydrogen (secondary N) is 1. The van der Waals surface area contributed by atoms with E-state index in [1.54, 1.807) is 4.72 Å². The maximum atomic E-state index is 11.0. The number of sulfonamides is 1. The largest absolute Gasteiger partial charge is 0.468 e. The van der Waals surface area contributed by atoms with Crippen LogP contribution in [0.25, 0.3) is 0 Å². The number of esters is 1. The fourth-order valence-corrected chi connectivity index (χ4v) is 3.49. The molecule has 14 heavy (non-hydrogen) atoms. The van der Waals surface area contributed by atoms with Crippen molar-refractivity contribution < 1.29 is 26.4 Å². The van der Waals surface area contributed by atoms with Gasteiger partial charge in [0.05, 0.1) is 7.11 Å².